The van der Waals surface area contributed by atoms with Gasteiger partial charge in [0.15, 0.2) is 0 Å². The predicted molar refractivity (Wildman–Crippen MR) is 59.2 cm³/mol. The largest absolute Gasteiger partial charge is 0.393 e. The summed E-state index contributed by atoms with van der Waals surface area (Å²) in [4.78, 5) is 0. The first-order valence-electron chi connectivity index (χ1n) is 5.10. The standard InChI is InChI=1S/C12H19NO/c1-9(13)7-11-5-3-4-6-12(11)8-10(2)14/h3-6,9-10,14H,7-8,13H2,1-2H3. The Morgan fingerprint density at radius 3 is 2.07 bits per heavy atom. The Hall–Kier alpha value is -0.860. The van der Waals surface area contributed by atoms with E-state index >= 15 is 0 Å². The first-order chi connectivity index (χ1) is 6.59. The second kappa shape index (κ2) is 5.13. The number of aliphatic hydroxyl groups is 1. The molecule has 0 spiro atoms. The van der Waals surface area contributed by atoms with E-state index in [1.165, 1.54) is 11.1 Å². The lowest BCUT2D eigenvalue weighted by Crippen LogP contribution is -2.19. The fourth-order valence-corrected chi connectivity index (χ4v) is 1.62. The molecule has 2 atom stereocenters. The minimum Gasteiger partial charge on any atom is -0.393 e. The second-order valence-corrected chi connectivity index (χ2v) is 4.00. The summed E-state index contributed by atoms with van der Waals surface area (Å²) in [6.07, 6.45) is 1.30. The molecule has 78 valence electrons. The lowest BCUT2D eigenvalue weighted by molar-refractivity contribution is 0.195. The molecule has 3 N–H and O–H groups in total. The van der Waals surface area contributed by atoms with Crippen LogP contribution in [0.15, 0.2) is 24.3 Å². The summed E-state index contributed by atoms with van der Waals surface area (Å²) >= 11 is 0. The van der Waals surface area contributed by atoms with Crippen molar-refractivity contribution in [1.82, 2.24) is 0 Å². The van der Waals surface area contributed by atoms with E-state index in [1.807, 2.05) is 26.0 Å². The van der Waals surface area contributed by atoms with Gasteiger partial charge in [-0.25, -0.2) is 0 Å². The van der Waals surface area contributed by atoms with Crippen molar-refractivity contribution in [3.05, 3.63) is 35.4 Å². The molecule has 0 aliphatic heterocycles. The predicted octanol–water partition coefficient (Wildman–Crippen LogP) is 1.50. The number of rotatable bonds is 4. The van der Waals surface area contributed by atoms with Crippen LogP contribution < -0.4 is 5.73 Å². The molecule has 0 aromatic heterocycles. The highest BCUT2D eigenvalue weighted by molar-refractivity contribution is 5.28. The molecule has 2 unspecified atom stereocenters. The van der Waals surface area contributed by atoms with Crippen molar-refractivity contribution in [3.8, 4) is 0 Å². The highest BCUT2D eigenvalue weighted by Gasteiger charge is 2.06. The Labute approximate surface area is 85.8 Å². The fourth-order valence-electron chi connectivity index (χ4n) is 1.62. The van der Waals surface area contributed by atoms with E-state index in [1.54, 1.807) is 0 Å². The Kier molecular flexibility index (Phi) is 4.11. The maximum absolute atomic E-state index is 9.33. The monoisotopic (exact) mass is 193 g/mol. The zero-order chi connectivity index (χ0) is 10.6. The van der Waals surface area contributed by atoms with Crippen molar-refractivity contribution >= 4 is 0 Å². The molecule has 2 nitrogen and oxygen atoms in total. The van der Waals surface area contributed by atoms with Gasteiger partial charge in [0.05, 0.1) is 6.10 Å². The van der Waals surface area contributed by atoms with Crippen LogP contribution in [0.25, 0.3) is 0 Å². The van der Waals surface area contributed by atoms with Gasteiger partial charge in [-0.05, 0) is 37.8 Å². The van der Waals surface area contributed by atoms with E-state index in [4.69, 9.17) is 5.73 Å². The molecule has 0 heterocycles. The number of hydrogen-bond donors (Lipinski definition) is 2. The third-order valence-electron chi connectivity index (χ3n) is 2.18. The highest BCUT2D eigenvalue weighted by Crippen LogP contribution is 2.12. The summed E-state index contributed by atoms with van der Waals surface area (Å²) in [6.45, 7) is 3.81. The van der Waals surface area contributed by atoms with Crippen LogP contribution in [0.5, 0.6) is 0 Å². The van der Waals surface area contributed by atoms with Crippen molar-refractivity contribution in [1.29, 1.82) is 0 Å². The minimum absolute atomic E-state index is 0.171. The lowest BCUT2D eigenvalue weighted by Gasteiger charge is -2.12. The molecule has 14 heavy (non-hydrogen) atoms. The van der Waals surface area contributed by atoms with Crippen molar-refractivity contribution < 1.29 is 5.11 Å². The Morgan fingerprint density at radius 2 is 1.64 bits per heavy atom. The van der Waals surface area contributed by atoms with E-state index in [-0.39, 0.29) is 12.1 Å². The fraction of sp³-hybridized carbons (Fsp3) is 0.500. The van der Waals surface area contributed by atoms with Crippen LogP contribution in [0.4, 0.5) is 0 Å². The van der Waals surface area contributed by atoms with Gasteiger partial charge >= 0.3 is 0 Å². The number of benzene rings is 1. The van der Waals surface area contributed by atoms with Gasteiger partial charge < -0.3 is 10.8 Å². The molecule has 1 rings (SSSR count). The summed E-state index contributed by atoms with van der Waals surface area (Å²) in [5.74, 6) is 0. The molecule has 0 fully saturated rings. The molecule has 0 aliphatic carbocycles. The molecule has 0 saturated heterocycles. The van der Waals surface area contributed by atoms with Gasteiger partial charge in [0.25, 0.3) is 0 Å². The van der Waals surface area contributed by atoms with Gasteiger partial charge in [-0.1, -0.05) is 24.3 Å². The number of aliphatic hydroxyl groups excluding tert-OH is 1. The van der Waals surface area contributed by atoms with Gasteiger partial charge in [-0.2, -0.15) is 0 Å². The molecule has 0 saturated carbocycles. The zero-order valence-electron chi connectivity index (χ0n) is 8.90. The number of hydrogen-bond acceptors (Lipinski definition) is 2. The van der Waals surface area contributed by atoms with Crippen molar-refractivity contribution in [3.63, 3.8) is 0 Å². The van der Waals surface area contributed by atoms with E-state index in [0.717, 1.165) is 6.42 Å². The highest BCUT2D eigenvalue weighted by atomic mass is 16.3. The van der Waals surface area contributed by atoms with Gasteiger partial charge in [0.2, 0.25) is 0 Å². The second-order valence-electron chi connectivity index (χ2n) is 4.00. The molecule has 0 bridgehead atoms. The zero-order valence-corrected chi connectivity index (χ0v) is 8.90. The number of nitrogens with two attached hydrogens (primary N) is 1. The van der Waals surface area contributed by atoms with E-state index in [9.17, 15) is 5.11 Å². The van der Waals surface area contributed by atoms with Crippen LogP contribution in [-0.4, -0.2) is 17.3 Å². The SMILES string of the molecule is CC(N)Cc1ccccc1CC(C)O. The first-order valence-corrected chi connectivity index (χ1v) is 5.10. The third-order valence-corrected chi connectivity index (χ3v) is 2.18. The molecule has 0 amide bonds. The van der Waals surface area contributed by atoms with Crippen LogP contribution in [0.1, 0.15) is 25.0 Å². The molecule has 1 aromatic rings. The third kappa shape index (κ3) is 3.48. The lowest BCUT2D eigenvalue weighted by atomic mass is 9.97. The average molecular weight is 193 g/mol. The van der Waals surface area contributed by atoms with Crippen LogP contribution in [0.3, 0.4) is 0 Å². The smallest absolute Gasteiger partial charge is 0.0552 e. The molecular formula is C12H19NO. The van der Waals surface area contributed by atoms with E-state index in [0.29, 0.717) is 6.42 Å². The molecular weight excluding hydrogens is 174 g/mol. The maximum atomic E-state index is 9.33. The van der Waals surface area contributed by atoms with Gasteiger partial charge in [-0.15, -0.1) is 0 Å². The molecule has 2 heteroatoms. The van der Waals surface area contributed by atoms with Crippen molar-refractivity contribution in [2.75, 3.05) is 0 Å². The van der Waals surface area contributed by atoms with Crippen molar-refractivity contribution in [2.45, 2.75) is 38.8 Å². The minimum atomic E-state index is -0.288. The summed E-state index contributed by atoms with van der Waals surface area (Å²) in [5, 5.41) is 9.33. The quantitative estimate of drug-likeness (QED) is 0.761. The molecule has 0 aliphatic rings. The van der Waals surface area contributed by atoms with Crippen LogP contribution in [-0.2, 0) is 12.8 Å². The summed E-state index contributed by atoms with van der Waals surface area (Å²) in [6, 6.07) is 8.34. The average Bonchev–Trinajstić information content (AvgIpc) is 2.06. The Balaban J connectivity index is 2.80. The van der Waals surface area contributed by atoms with Crippen molar-refractivity contribution in [2.24, 2.45) is 5.73 Å². The summed E-state index contributed by atoms with van der Waals surface area (Å²) < 4.78 is 0. The molecule has 0 radical (unpaired) electrons. The summed E-state index contributed by atoms with van der Waals surface area (Å²) in [5.41, 5.74) is 8.22. The van der Waals surface area contributed by atoms with Gasteiger partial charge in [-0.3, -0.25) is 0 Å². The molecule has 1 aromatic carbocycles. The first kappa shape index (κ1) is 11.2. The van der Waals surface area contributed by atoms with E-state index < -0.39 is 0 Å². The van der Waals surface area contributed by atoms with Gasteiger partial charge in [0, 0.05) is 6.04 Å². The van der Waals surface area contributed by atoms with Crippen LogP contribution >= 0.6 is 0 Å². The topological polar surface area (TPSA) is 46.2 Å². The maximum Gasteiger partial charge on any atom is 0.0552 e. The van der Waals surface area contributed by atoms with Gasteiger partial charge in [0.1, 0.15) is 0 Å². The summed E-state index contributed by atoms with van der Waals surface area (Å²) in [7, 11) is 0. The Morgan fingerprint density at radius 1 is 1.14 bits per heavy atom. The van der Waals surface area contributed by atoms with Crippen LogP contribution in [0, 0.1) is 0 Å². The normalized spacial score (nSPS) is 15.1. The van der Waals surface area contributed by atoms with E-state index in [2.05, 4.69) is 12.1 Å². The Bertz CT molecular complexity index is 252. The van der Waals surface area contributed by atoms with Crippen LogP contribution in [0.2, 0.25) is 0 Å².